The van der Waals surface area contributed by atoms with Crippen LogP contribution in [-0.2, 0) is 11.4 Å². The van der Waals surface area contributed by atoms with Crippen molar-refractivity contribution in [2.45, 2.75) is 20.5 Å². The number of rotatable bonds is 12. The van der Waals surface area contributed by atoms with Crippen molar-refractivity contribution in [2.24, 2.45) is 5.10 Å². The van der Waals surface area contributed by atoms with Crippen molar-refractivity contribution in [3.05, 3.63) is 124 Å². The molecular formula is C34H30BrFN4O6. The van der Waals surface area contributed by atoms with Crippen LogP contribution in [0.15, 0.2) is 98.9 Å². The Morgan fingerprint density at radius 3 is 2.41 bits per heavy atom. The Morgan fingerprint density at radius 2 is 1.70 bits per heavy atom. The number of benzene rings is 3. The first-order valence-corrected chi connectivity index (χ1v) is 14.9. The molecule has 0 saturated carbocycles. The van der Waals surface area contributed by atoms with Gasteiger partial charge in [0.05, 0.1) is 19.0 Å². The third-order valence-corrected chi connectivity index (χ3v) is 7.48. The molecule has 2 N–H and O–H groups in total. The van der Waals surface area contributed by atoms with Gasteiger partial charge in [0.2, 0.25) is 0 Å². The number of nitrogens with one attached hydrogen (secondary N) is 2. The molecule has 0 saturated heterocycles. The third kappa shape index (κ3) is 7.83. The zero-order valence-corrected chi connectivity index (χ0v) is 26.8. The summed E-state index contributed by atoms with van der Waals surface area (Å²) in [5.41, 5.74) is 6.38. The fraction of sp³-hybridized carbons (Fsp3) is 0.147. The van der Waals surface area contributed by atoms with Crippen LogP contribution in [0.25, 0.3) is 5.69 Å². The molecule has 0 aliphatic carbocycles. The van der Waals surface area contributed by atoms with Gasteiger partial charge in [-0.05, 0) is 103 Å². The maximum Gasteiger partial charge on any atom is 0.307 e. The largest absolute Gasteiger partial charge is 0.493 e. The highest BCUT2D eigenvalue weighted by atomic mass is 79.9. The smallest absolute Gasteiger partial charge is 0.307 e. The van der Waals surface area contributed by atoms with Gasteiger partial charge < -0.3 is 28.5 Å². The fourth-order valence-electron chi connectivity index (χ4n) is 4.53. The van der Waals surface area contributed by atoms with Gasteiger partial charge in [0.25, 0.3) is 5.91 Å². The summed E-state index contributed by atoms with van der Waals surface area (Å²) in [6.07, 6.45) is 1.41. The lowest BCUT2D eigenvalue weighted by Gasteiger charge is -2.13. The average molecular weight is 690 g/mol. The van der Waals surface area contributed by atoms with Crippen molar-refractivity contribution in [1.82, 2.24) is 9.99 Å². The van der Waals surface area contributed by atoms with E-state index in [1.54, 1.807) is 24.3 Å². The number of para-hydroxylation sites is 1. The van der Waals surface area contributed by atoms with Gasteiger partial charge in [0.1, 0.15) is 23.9 Å². The van der Waals surface area contributed by atoms with Crippen LogP contribution in [0.5, 0.6) is 17.2 Å². The Labute approximate surface area is 272 Å². The molecule has 0 radical (unpaired) electrons. The normalized spacial score (nSPS) is 11.0. The minimum Gasteiger partial charge on any atom is -0.493 e. The van der Waals surface area contributed by atoms with Gasteiger partial charge in [-0.2, -0.15) is 5.10 Å². The summed E-state index contributed by atoms with van der Waals surface area (Å²) in [5, 5.41) is 6.47. The molecule has 10 nitrogen and oxygen atoms in total. The van der Waals surface area contributed by atoms with Gasteiger partial charge >= 0.3 is 5.91 Å². The van der Waals surface area contributed by atoms with E-state index < -0.39 is 17.6 Å². The molecule has 5 aromatic rings. The molecular weight excluding hydrogens is 659 g/mol. The Kier molecular flexibility index (Phi) is 10.2. The summed E-state index contributed by atoms with van der Waals surface area (Å²) in [6, 6.07) is 24.1. The highest BCUT2D eigenvalue weighted by Gasteiger charge is 2.14. The predicted octanol–water partition coefficient (Wildman–Crippen LogP) is 6.96. The van der Waals surface area contributed by atoms with Gasteiger partial charge in [0, 0.05) is 27.1 Å². The first-order valence-electron chi connectivity index (χ1n) is 14.1. The first kappa shape index (κ1) is 32.0. The number of nitrogens with zero attached hydrogens (tertiary/aromatic N) is 2. The van der Waals surface area contributed by atoms with Crippen LogP contribution in [0.3, 0.4) is 0 Å². The molecule has 2 amide bonds. The number of carbonyl (C=O) groups excluding carboxylic acids is 2. The number of carbonyl (C=O) groups is 2. The number of halogens is 2. The van der Waals surface area contributed by atoms with Crippen molar-refractivity contribution in [1.29, 1.82) is 0 Å². The fourth-order valence-corrected chi connectivity index (χ4v) is 4.95. The molecule has 0 aliphatic heterocycles. The van der Waals surface area contributed by atoms with Crippen LogP contribution in [0.4, 0.5) is 10.1 Å². The quantitative estimate of drug-likeness (QED) is 0.108. The summed E-state index contributed by atoms with van der Waals surface area (Å²) < 4.78 is 39.0. The van der Waals surface area contributed by atoms with Gasteiger partial charge in [-0.25, -0.2) is 9.82 Å². The van der Waals surface area contributed by atoms with Crippen LogP contribution in [0, 0.1) is 19.7 Å². The summed E-state index contributed by atoms with van der Waals surface area (Å²) in [7, 11) is 1.44. The number of furan rings is 1. The number of anilines is 1. The van der Waals surface area contributed by atoms with Crippen molar-refractivity contribution in [3.8, 4) is 22.9 Å². The van der Waals surface area contributed by atoms with Gasteiger partial charge in [0.15, 0.2) is 23.9 Å². The van der Waals surface area contributed by atoms with E-state index in [2.05, 4.69) is 62.3 Å². The number of aromatic nitrogens is 1. The van der Waals surface area contributed by atoms with E-state index in [1.165, 1.54) is 37.6 Å². The molecule has 236 valence electrons. The molecule has 46 heavy (non-hydrogen) atoms. The Morgan fingerprint density at radius 1 is 0.957 bits per heavy atom. The van der Waals surface area contributed by atoms with Crippen LogP contribution in [0.2, 0.25) is 0 Å². The van der Waals surface area contributed by atoms with Crippen molar-refractivity contribution in [3.63, 3.8) is 0 Å². The predicted molar refractivity (Wildman–Crippen MR) is 175 cm³/mol. The van der Waals surface area contributed by atoms with Gasteiger partial charge in [-0.15, -0.1) is 0 Å². The zero-order valence-electron chi connectivity index (χ0n) is 25.2. The minimum absolute atomic E-state index is 0.0527. The highest BCUT2D eigenvalue weighted by Crippen LogP contribution is 2.33. The molecule has 0 atom stereocenters. The van der Waals surface area contributed by atoms with Gasteiger partial charge in [-0.3, -0.25) is 9.59 Å². The monoisotopic (exact) mass is 688 g/mol. The molecule has 12 heteroatoms. The summed E-state index contributed by atoms with van der Waals surface area (Å²) in [4.78, 5) is 24.9. The number of aryl methyl sites for hydroxylation is 2. The maximum absolute atomic E-state index is 13.8. The number of hydrazone groups is 1. The lowest BCUT2D eigenvalue weighted by molar-refractivity contribution is -0.118. The second-order valence-electron chi connectivity index (χ2n) is 10.0. The Bertz CT molecular complexity index is 1860. The SMILES string of the molecule is COc1cc(/C=N/NC(=O)c2ccc(COc3ccc(-n4c(C)ccc4C)cc3)o2)c(Br)cc1OCC(=O)Nc1ccccc1F. The maximum atomic E-state index is 13.8. The number of hydrogen-bond donors (Lipinski definition) is 2. The molecule has 0 bridgehead atoms. The average Bonchev–Trinajstić information content (AvgIpc) is 3.67. The van der Waals surface area contributed by atoms with Crippen LogP contribution in [-0.4, -0.2) is 36.3 Å². The Balaban J connectivity index is 1.13. The van der Waals surface area contributed by atoms with Crippen LogP contribution < -0.4 is 25.0 Å². The van der Waals surface area contributed by atoms with Crippen LogP contribution in [0.1, 0.15) is 33.3 Å². The zero-order chi connectivity index (χ0) is 32.6. The van der Waals surface area contributed by atoms with E-state index in [1.807, 2.05) is 24.3 Å². The van der Waals surface area contributed by atoms with E-state index in [0.29, 0.717) is 27.3 Å². The molecule has 2 aromatic heterocycles. The van der Waals surface area contributed by atoms with E-state index in [4.69, 9.17) is 18.6 Å². The summed E-state index contributed by atoms with van der Waals surface area (Å²) in [5.74, 6) is 0.150. The number of methoxy groups -OCH3 is 1. The van der Waals surface area contributed by atoms with Crippen molar-refractivity contribution < 1.29 is 32.6 Å². The molecule has 0 fully saturated rings. The van der Waals surface area contributed by atoms with Crippen LogP contribution >= 0.6 is 15.9 Å². The van der Waals surface area contributed by atoms with E-state index >= 15 is 0 Å². The standard InChI is InChI=1S/C34H30BrFN4O6/c1-21-8-9-22(2)40(21)24-10-12-25(13-11-24)44-19-26-14-15-30(46-26)34(42)39-37-18-23-16-31(43-3)32(17-27(23)35)45-20-33(41)38-29-7-5-4-6-28(29)36/h4-18H,19-20H2,1-3H3,(H,38,41)(H,39,42)/b37-18+. The van der Waals surface area contributed by atoms with E-state index in [0.717, 1.165) is 17.1 Å². The molecule has 3 aromatic carbocycles. The lowest BCUT2D eigenvalue weighted by atomic mass is 10.2. The lowest BCUT2D eigenvalue weighted by Crippen LogP contribution is -2.21. The topological polar surface area (TPSA) is 116 Å². The molecule has 5 rings (SSSR count). The molecule has 2 heterocycles. The number of ether oxygens (including phenoxy) is 3. The molecule has 0 aliphatic rings. The molecule has 0 unspecified atom stereocenters. The summed E-state index contributed by atoms with van der Waals surface area (Å²) in [6.45, 7) is 3.88. The van der Waals surface area contributed by atoms with Crippen molar-refractivity contribution in [2.75, 3.05) is 19.0 Å². The second kappa shape index (κ2) is 14.6. The number of amides is 2. The number of hydrogen-bond acceptors (Lipinski definition) is 7. The van der Waals surface area contributed by atoms with E-state index in [-0.39, 0.29) is 30.4 Å². The Hall–Kier alpha value is -5.36. The minimum atomic E-state index is -0.551. The molecule has 0 spiro atoms. The van der Waals surface area contributed by atoms with Crippen molar-refractivity contribution >= 4 is 39.6 Å². The van der Waals surface area contributed by atoms with E-state index in [9.17, 15) is 14.0 Å². The highest BCUT2D eigenvalue weighted by molar-refractivity contribution is 9.10. The third-order valence-electron chi connectivity index (χ3n) is 6.79. The summed E-state index contributed by atoms with van der Waals surface area (Å²) >= 11 is 3.43. The first-order chi connectivity index (χ1) is 22.2. The second-order valence-corrected chi connectivity index (χ2v) is 10.9. The van der Waals surface area contributed by atoms with Gasteiger partial charge in [-0.1, -0.05) is 12.1 Å².